The molecule has 0 fully saturated rings. The molecule has 4 rings (SSSR count). The number of sulfonamides is 1. The predicted octanol–water partition coefficient (Wildman–Crippen LogP) is 4.30. The van der Waals surface area contributed by atoms with E-state index in [0.29, 0.717) is 17.8 Å². The van der Waals surface area contributed by atoms with Crippen LogP contribution >= 0.6 is 11.6 Å². The number of carbonyl (C=O) groups is 2. The first-order valence-electron chi connectivity index (χ1n) is 10.6. The van der Waals surface area contributed by atoms with Gasteiger partial charge in [-0.3, -0.25) is 9.10 Å². The first-order chi connectivity index (χ1) is 16.2. The predicted molar refractivity (Wildman–Crippen MR) is 131 cm³/mol. The molecule has 0 saturated carbocycles. The van der Waals surface area contributed by atoms with Gasteiger partial charge in [-0.2, -0.15) is 0 Å². The van der Waals surface area contributed by atoms with Crippen LogP contribution in [0.4, 0.5) is 11.4 Å². The fourth-order valence-corrected chi connectivity index (χ4v) is 5.84. The Balaban J connectivity index is 1.55. The van der Waals surface area contributed by atoms with Crippen molar-refractivity contribution in [3.8, 4) is 0 Å². The summed E-state index contributed by atoms with van der Waals surface area (Å²) >= 11 is 6.24. The van der Waals surface area contributed by atoms with Crippen LogP contribution in [0.2, 0.25) is 5.02 Å². The van der Waals surface area contributed by atoms with Crippen molar-refractivity contribution >= 4 is 44.9 Å². The maximum Gasteiger partial charge on any atom is 0.338 e. The Morgan fingerprint density at radius 3 is 2.44 bits per heavy atom. The minimum absolute atomic E-state index is 0.00568. The molecule has 0 radical (unpaired) electrons. The summed E-state index contributed by atoms with van der Waals surface area (Å²) in [6.45, 7) is 1.75. The van der Waals surface area contributed by atoms with E-state index in [2.05, 4.69) is 0 Å². The number of hydrogen-bond donors (Lipinski definition) is 0. The molecule has 1 aliphatic rings. The second kappa shape index (κ2) is 9.48. The second-order valence-corrected chi connectivity index (χ2v) is 10.1. The molecular weight excluding hydrogens is 476 g/mol. The third-order valence-corrected chi connectivity index (χ3v) is 7.98. The van der Waals surface area contributed by atoms with E-state index in [9.17, 15) is 18.0 Å². The van der Waals surface area contributed by atoms with Gasteiger partial charge in [0.05, 0.1) is 16.3 Å². The van der Waals surface area contributed by atoms with Gasteiger partial charge in [-0.25, -0.2) is 13.2 Å². The lowest BCUT2D eigenvalue weighted by Crippen LogP contribution is -2.37. The molecule has 1 aliphatic heterocycles. The number of amides is 1. The number of rotatable bonds is 6. The van der Waals surface area contributed by atoms with E-state index in [1.807, 2.05) is 18.2 Å². The lowest BCUT2D eigenvalue weighted by atomic mass is 10.2. The summed E-state index contributed by atoms with van der Waals surface area (Å²) in [5.74, 6) is -1.24. The summed E-state index contributed by atoms with van der Waals surface area (Å²) < 4.78 is 33.4. The summed E-state index contributed by atoms with van der Waals surface area (Å²) in [4.78, 5) is 26.7. The summed E-state index contributed by atoms with van der Waals surface area (Å²) in [5, 5.41) is -0.00568. The number of ether oxygens (including phenoxy) is 1. The van der Waals surface area contributed by atoms with Crippen LogP contribution in [0.3, 0.4) is 0 Å². The molecule has 3 aromatic rings. The molecule has 34 heavy (non-hydrogen) atoms. The van der Waals surface area contributed by atoms with Crippen LogP contribution in [-0.4, -0.2) is 40.0 Å². The molecule has 0 saturated heterocycles. The molecule has 0 spiro atoms. The van der Waals surface area contributed by atoms with Crippen molar-refractivity contribution in [2.75, 3.05) is 22.8 Å². The van der Waals surface area contributed by atoms with Crippen molar-refractivity contribution in [3.05, 3.63) is 88.9 Å². The number of fused-ring (bicyclic) bond motifs is 1. The van der Waals surface area contributed by atoms with Gasteiger partial charge in [-0.1, -0.05) is 48.0 Å². The fraction of sp³-hybridized carbons (Fsp3) is 0.200. The van der Waals surface area contributed by atoms with Crippen LogP contribution < -0.4 is 9.21 Å². The third kappa shape index (κ3) is 4.51. The van der Waals surface area contributed by atoms with Gasteiger partial charge in [-0.15, -0.1) is 0 Å². The molecule has 3 aromatic carbocycles. The Labute approximate surface area is 203 Å². The molecule has 1 heterocycles. The largest absolute Gasteiger partial charge is 0.449 e. The first kappa shape index (κ1) is 23.8. The molecule has 0 bridgehead atoms. The Morgan fingerprint density at radius 1 is 1.03 bits per heavy atom. The van der Waals surface area contributed by atoms with E-state index >= 15 is 0 Å². The van der Waals surface area contributed by atoms with Crippen molar-refractivity contribution in [1.82, 2.24) is 0 Å². The van der Waals surface area contributed by atoms with E-state index in [-0.39, 0.29) is 22.0 Å². The zero-order valence-electron chi connectivity index (χ0n) is 18.6. The van der Waals surface area contributed by atoms with Gasteiger partial charge < -0.3 is 9.64 Å². The average molecular weight is 499 g/mol. The Hall–Kier alpha value is -3.36. The Kier molecular flexibility index (Phi) is 6.63. The molecule has 176 valence electrons. The molecule has 7 nitrogen and oxygen atoms in total. The van der Waals surface area contributed by atoms with Crippen LogP contribution in [0.25, 0.3) is 0 Å². The van der Waals surface area contributed by atoms with E-state index < -0.39 is 28.0 Å². The summed E-state index contributed by atoms with van der Waals surface area (Å²) in [5.41, 5.74) is 2.15. The summed E-state index contributed by atoms with van der Waals surface area (Å²) in [6.07, 6.45) is -0.498. The SMILES string of the molecule is C[C@@H](OC(=O)c1ccc(Cl)c(S(=O)(=O)N2CCc3ccccc32)c1)C(=O)N(C)c1ccccc1. The molecule has 9 heteroatoms. The molecule has 0 aliphatic carbocycles. The highest BCUT2D eigenvalue weighted by molar-refractivity contribution is 7.93. The number of likely N-dealkylation sites (N-methyl/N-ethyl adjacent to an activating group) is 1. The monoisotopic (exact) mass is 498 g/mol. The molecule has 1 atom stereocenters. The lowest BCUT2D eigenvalue weighted by molar-refractivity contribution is -0.126. The molecular formula is C25H23ClN2O5S. The number of benzene rings is 3. The molecule has 0 N–H and O–H groups in total. The molecule has 0 aromatic heterocycles. The number of para-hydroxylation sites is 2. The summed E-state index contributed by atoms with van der Waals surface area (Å²) in [7, 11) is -2.43. The number of hydrogen-bond acceptors (Lipinski definition) is 5. The van der Waals surface area contributed by atoms with Crippen molar-refractivity contribution < 1.29 is 22.7 Å². The minimum Gasteiger partial charge on any atom is -0.449 e. The highest BCUT2D eigenvalue weighted by atomic mass is 35.5. The van der Waals surface area contributed by atoms with Gasteiger partial charge in [0.15, 0.2) is 6.10 Å². The smallest absolute Gasteiger partial charge is 0.338 e. The van der Waals surface area contributed by atoms with Gasteiger partial charge in [0.1, 0.15) is 4.90 Å². The number of anilines is 2. The number of esters is 1. The van der Waals surface area contributed by atoms with Crippen LogP contribution in [0.1, 0.15) is 22.8 Å². The van der Waals surface area contributed by atoms with Gasteiger partial charge in [0.2, 0.25) is 0 Å². The first-order valence-corrected chi connectivity index (χ1v) is 12.5. The zero-order valence-corrected chi connectivity index (χ0v) is 20.2. The van der Waals surface area contributed by atoms with Crippen LogP contribution in [0, 0.1) is 0 Å². The lowest BCUT2D eigenvalue weighted by Gasteiger charge is -2.22. The normalized spacial score (nSPS) is 13.8. The van der Waals surface area contributed by atoms with E-state index in [4.69, 9.17) is 16.3 Å². The number of nitrogens with zero attached hydrogens (tertiary/aromatic N) is 2. The topological polar surface area (TPSA) is 84.0 Å². The van der Waals surface area contributed by atoms with Crippen LogP contribution in [-0.2, 0) is 26.0 Å². The van der Waals surface area contributed by atoms with Crippen molar-refractivity contribution in [3.63, 3.8) is 0 Å². The van der Waals surface area contributed by atoms with Crippen molar-refractivity contribution in [1.29, 1.82) is 0 Å². The van der Waals surface area contributed by atoms with Gasteiger partial charge in [0, 0.05) is 19.3 Å². The van der Waals surface area contributed by atoms with Gasteiger partial charge >= 0.3 is 5.97 Å². The Morgan fingerprint density at radius 2 is 1.71 bits per heavy atom. The maximum absolute atomic E-state index is 13.4. The van der Waals surface area contributed by atoms with Crippen molar-refractivity contribution in [2.24, 2.45) is 0 Å². The van der Waals surface area contributed by atoms with Crippen LogP contribution in [0.5, 0.6) is 0 Å². The second-order valence-electron chi connectivity index (χ2n) is 7.88. The third-order valence-electron chi connectivity index (χ3n) is 5.69. The standard InChI is InChI=1S/C25H23ClN2O5S/c1-17(24(29)27(2)20-9-4-3-5-10-20)33-25(30)19-12-13-21(26)23(16-19)34(31,32)28-15-14-18-8-6-7-11-22(18)28/h3-13,16-17H,14-15H2,1-2H3/t17-/m1/s1. The average Bonchev–Trinajstić information content (AvgIpc) is 3.29. The molecule has 1 amide bonds. The van der Waals surface area contributed by atoms with Gasteiger partial charge in [0.25, 0.3) is 15.9 Å². The fourth-order valence-electron chi connectivity index (χ4n) is 3.83. The molecule has 0 unspecified atom stereocenters. The quantitative estimate of drug-likeness (QED) is 0.473. The van der Waals surface area contributed by atoms with E-state index in [0.717, 1.165) is 5.56 Å². The minimum atomic E-state index is -4.01. The maximum atomic E-state index is 13.4. The number of carbonyl (C=O) groups excluding carboxylic acids is 2. The van der Waals surface area contributed by atoms with E-state index in [1.165, 1.54) is 34.3 Å². The number of halogens is 1. The van der Waals surface area contributed by atoms with Crippen molar-refractivity contribution in [2.45, 2.75) is 24.3 Å². The Bertz CT molecular complexity index is 1340. The van der Waals surface area contributed by atoms with Gasteiger partial charge in [-0.05, 0) is 55.3 Å². The summed E-state index contributed by atoms with van der Waals surface area (Å²) in [6, 6.07) is 20.1. The zero-order chi connectivity index (χ0) is 24.5. The highest BCUT2D eigenvalue weighted by Crippen LogP contribution is 2.35. The van der Waals surface area contributed by atoms with Crippen LogP contribution in [0.15, 0.2) is 77.7 Å². The highest BCUT2D eigenvalue weighted by Gasteiger charge is 2.33. The van der Waals surface area contributed by atoms with E-state index in [1.54, 1.807) is 43.4 Å².